The smallest absolute Gasteiger partial charge is 0.352 e. The molecule has 0 aliphatic carbocycles. The highest BCUT2D eigenvalue weighted by atomic mass is 16.7. The van der Waals surface area contributed by atoms with Crippen LogP contribution in [-0.4, -0.2) is 56.9 Å². The zero-order valence-corrected chi connectivity index (χ0v) is 29.6. The van der Waals surface area contributed by atoms with Gasteiger partial charge in [0.15, 0.2) is 0 Å². The lowest BCUT2D eigenvalue weighted by atomic mass is 10.0. The van der Waals surface area contributed by atoms with Crippen LogP contribution in [0, 0.1) is 0 Å². The first-order valence-electron chi connectivity index (χ1n) is 17.3. The quantitative estimate of drug-likeness (QED) is 0.0983. The van der Waals surface area contributed by atoms with Crippen LogP contribution >= 0.6 is 0 Å². The van der Waals surface area contributed by atoms with E-state index in [9.17, 15) is 9.59 Å². The van der Waals surface area contributed by atoms with E-state index in [1.807, 2.05) is 109 Å². The lowest BCUT2D eigenvalue weighted by Gasteiger charge is -2.34. The molecule has 6 rings (SSSR count). The third kappa shape index (κ3) is 10.3. The molecular weight excluding hydrogens is 676 g/mol. The normalized spacial score (nSPS) is 19.8. The Hall–Kier alpha value is -5.52. The molecule has 0 N–H and O–H groups in total. The largest absolute Gasteiger partial charge is 0.497 e. The Balaban J connectivity index is 1.39. The Morgan fingerprint density at radius 3 is 1.42 bits per heavy atom. The van der Waals surface area contributed by atoms with E-state index >= 15 is 0 Å². The van der Waals surface area contributed by atoms with E-state index in [1.165, 1.54) is 0 Å². The number of esters is 2. The van der Waals surface area contributed by atoms with Gasteiger partial charge in [0.05, 0.1) is 46.2 Å². The second-order valence-corrected chi connectivity index (χ2v) is 12.3. The van der Waals surface area contributed by atoms with Gasteiger partial charge in [0, 0.05) is 0 Å². The summed E-state index contributed by atoms with van der Waals surface area (Å²) >= 11 is 0. The molecule has 5 atom stereocenters. The van der Waals surface area contributed by atoms with Crippen molar-refractivity contribution in [1.29, 1.82) is 0 Å². The number of hydrogen-bond acceptors (Lipinski definition) is 10. The van der Waals surface area contributed by atoms with Crippen molar-refractivity contribution >= 4 is 11.9 Å². The van der Waals surface area contributed by atoms with Gasteiger partial charge in [-0.15, -0.1) is 0 Å². The number of carbonyl (C=O) groups excluding carboxylic acids is 2. The molecule has 10 heteroatoms. The van der Waals surface area contributed by atoms with Crippen molar-refractivity contribution in [3.05, 3.63) is 167 Å². The third-order valence-electron chi connectivity index (χ3n) is 8.67. The highest BCUT2D eigenvalue weighted by Crippen LogP contribution is 2.31. The summed E-state index contributed by atoms with van der Waals surface area (Å²) in [5.41, 5.74) is 3.58. The van der Waals surface area contributed by atoms with Crippen LogP contribution < -0.4 is 9.47 Å². The van der Waals surface area contributed by atoms with Gasteiger partial charge in [-0.3, -0.25) is 0 Å². The molecule has 10 nitrogen and oxygen atoms in total. The van der Waals surface area contributed by atoms with Crippen molar-refractivity contribution < 1.29 is 47.5 Å². The van der Waals surface area contributed by atoms with E-state index in [4.69, 9.17) is 37.9 Å². The average Bonchev–Trinajstić information content (AvgIpc) is 3.31. The van der Waals surface area contributed by atoms with Crippen molar-refractivity contribution in [2.75, 3.05) is 14.2 Å². The molecule has 1 heterocycles. The van der Waals surface area contributed by atoms with E-state index in [1.54, 1.807) is 44.6 Å². The Morgan fingerprint density at radius 2 is 0.925 bits per heavy atom. The topological polar surface area (TPSA) is 108 Å². The van der Waals surface area contributed by atoms with Gasteiger partial charge >= 0.3 is 11.9 Å². The molecule has 0 radical (unpaired) electrons. The summed E-state index contributed by atoms with van der Waals surface area (Å²) in [7, 11) is 3.19. The molecular formula is C43H42O10. The minimum absolute atomic E-state index is 0.0324. The maximum atomic E-state index is 14.2. The van der Waals surface area contributed by atoms with Crippen LogP contribution in [0.2, 0.25) is 0 Å². The van der Waals surface area contributed by atoms with Crippen molar-refractivity contribution in [3.63, 3.8) is 0 Å². The molecule has 1 saturated heterocycles. The van der Waals surface area contributed by atoms with Crippen LogP contribution in [0.4, 0.5) is 0 Å². The number of methoxy groups -OCH3 is 2. The molecule has 5 aromatic carbocycles. The first kappa shape index (κ1) is 37.2. The molecule has 1 aliphatic heterocycles. The van der Waals surface area contributed by atoms with Gasteiger partial charge < -0.3 is 37.9 Å². The summed E-state index contributed by atoms with van der Waals surface area (Å²) in [6.07, 6.45) is -6.14. The second kappa shape index (κ2) is 18.8. The van der Waals surface area contributed by atoms with Crippen molar-refractivity contribution in [3.8, 4) is 11.5 Å². The fourth-order valence-electron chi connectivity index (χ4n) is 5.79. The number of cyclic esters (lactones) is 1. The Kier molecular flexibility index (Phi) is 13.2. The van der Waals surface area contributed by atoms with Crippen LogP contribution in [-0.2, 0) is 59.6 Å². The third-order valence-corrected chi connectivity index (χ3v) is 8.67. The number of hydrogen-bond donors (Lipinski definition) is 0. The Labute approximate surface area is 309 Å². The van der Waals surface area contributed by atoms with Crippen LogP contribution in [0.1, 0.15) is 32.6 Å². The van der Waals surface area contributed by atoms with E-state index < -0.39 is 42.6 Å². The standard InChI is InChI=1S/C43H42O10/c1-46-35-22-18-32(19-23-35)27-48-37-38(49-28-33-20-24-36(47-2)25-21-33)40(50-26-30-12-6-3-7-13-30)43(51-29-31-14-8-4-9-15-31)53-42(45)39(37)52-41(44)34-16-10-5-11-17-34/h3-25,37-40,43H,26-29H2,1-2H3/t37-,38-,39+,40+,43+/m0/s1. The van der Waals surface area contributed by atoms with Crippen molar-refractivity contribution in [1.82, 2.24) is 0 Å². The predicted molar refractivity (Wildman–Crippen MR) is 195 cm³/mol. The summed E-state index contributed by atoms with van der Waals surface area (Å²) in [6.45, 7) is 0.350. The van der Waals surface area contributed by atoms with Crippen LogP contribution in [0.15, 0.2) is 140 Å². The molecule has 5 aromatic rings. The van der Waals surface area contributed by atoms with Gasteiger partial charge in [-0.1, -0.05) is 103 Å². The molecule has 1 aliphatic rings. The molecule has 0 spiro atoms. The minimum atomic E-state index is -1.56. The summed E-state index contributed by atoms with van der Waals surface area (Å²) in [6, 6.07) is 42.2. The van der Waals surface area contributed by atoms with Gasteiger partial charge in [0.2, 0.25) is 12.4 Å². The molecule has 53 heavy (non-hydrogen) atoms. The first-order valence-corrected chi connectivity index (χ1v) is 17.3. The highest BCUT2D eigenvalue weighted by Gasteiger charge is 2.52. The Bertz CT molecular complexity index is 1850. The van der Waals surface area contributed by atoms with Gasteiger partial charge in [-0.25, -0.2) is 9.59 Å². The fourth-order valence-corrected chi connectivity index (χ4v) is 5.79. The van der Waals surface area contributed by atoms with E-state index in [0.717, 1.165) is 22.3 Å². The van der Waals surface area contributed by atoms with Crippen molar-refractivity contribution in [2.24, 2.45) is 0 Å². The maximum Gasteiger partial charge on any atom is 0.352 e. The molecule has 274 valence electrons. The number of ether oxygens (including phenoxy) is 8. The molecule has 0 bridgehead atoms. The van der Waals surface area contributed by atoms with Gasteiger partial charge in [0.1, 0.15) is 29.8 Å². The molecule has 1 fully saturated rings. The van der Waals surface area contributed by atoms with Gasteiger partial charge in [-0.2, -0.15) is 0 Å². The molecule has 0 saturated carbocycles. The van der Waals surface area contributed by atoms with E-state index in [-0.39, 0.29) is 32.0 Å². The lowest BCUT2D eigenvalue weighted by Crippen LogP contribution is -2.52. The zero-order valence-electron chi connectivity index (χ0n) is 29.6. The van der Waals surface area contributed by atoms with E-state index in [0.29, 0.717) is 11.5 Å². The first-order chi connectivity index (χ1) is 26.0. The minimum Gasteiger partial charge on any atom is -0.497 e. The lowest BCUT2D eigenvalue weighted by molar-refractivity contribution is -0.239. The average molecular weight is 719 g/mol. The summed E-state index contributed by atoms with van der Waals surface area (Å²) in [4.78, 5) is 27.8. The van der Waals surface area contributed by atoms with Crippen LogP contribution in [0.25, 0.3) is 0 Å². The maximum absolute atomic E-state index is 14.2. The van der Waals surface area contributed by atoms with Gasteiger partial charge in [-0.05, 0) is 58.7 Å². The second-order valence-electron chi connectivity index (χ2n) is 12.3. The highest BCUT2D eigenvalue weighted by molar-refractivity contribution is 5.91. The summed E-state index contributed by atoms with van der Waals surface area (Å²) < 4.78 is 48.9. The fraction of sp³-hybridized carbons (Fsp3) is 0.256. The number of carbonyl (C=O) groups is 2. The van der Waals surface area contributed by atoms with E-state index in [2.05, 4.69) is 0 Å². The monoisotopic (exact) mass is 718 g/mol. The van der Waals surface area contributed by atoms with Gasteiger partial charge in [0.25, 0.3) is 0 Å². The number of rotatable bonds is 16. The summed E-state index contributed by atoms with van der Waals surface area (Å²) in [5.74, 6) is -0.231. The van der Waals surface area contributed by atoms with Crippen LogP contribution in [0.3, 0.4) is 0 Å². The number of benzene rings is 5. The van der Waals surface area contributed by atoms with Crippen LogP contribution in [0.5, 0.6) is 11.5 Å². The zero-order chi connectivity index (χ0) is 36.8. The molecule has 0 amide bonds. The Morgan fingerprint density at radius 1 is 0.509 bits per heavy atom. The molecule has 0 aromatic heterocycles. The predicted octanol–water partition coefficient (Wildman–Crippen LogP) is 7.09. The SMILES string of the molecule is COc1ccc(CO[C@@H]2[C@@H](OCc3ccccc3)[C@H](OCc3ccccc3)OC(=O)[C@H](OC(=O)c3ccccc3)[C@H]2OCc2ccc(OC)cc2)cc1. The van der Waals surface area contributed by atoms with Crippen molar-refractivity contribution in [2.45, 2.75) is 57.1 Å². The summed E-state index contributed by atoms with van der Waals surface area (Å²) in [5, 5.41) is 0. The molecule has 0 unspecified atom stereocenters.